The van der Waals surface area contributed by atoms with Gasteiger partial charge in [-0.2, -0.15) is 0 Å². The Hall–Kier alpha value is -3.81. The summed E-state index contributed by atoms with van der Waals surface area (Å²) in [5, 5.41) is 6.39. The number of hydrogen-bond donors (Lipinski definition) is 3. The minimum absolute atomic E-state index is 0.0901. The number of carbonyl (C=O) groups excluding carboxylic acids is 3. The average molecular weight is 466 g/mol. The molecule has 34 heavy (non-hydrogen) atoms. The molecule has 0 bridgehead atoms. The first-order chi connectivity index (χ1) is 16.4. The molecule has 0 aliphatic heterocycles. The van der Waals surface area contributed by atoms with Crippen molar-refractivity contribution in [1.82, 2.24) is 15.6 Å². The highest BCUT2D eigenvalue weighted by molar-refractivity contribution is 5.91. The standard InChI is InChI=1S/C26H31N3O5/c1-4-17(2)23(29-26(32)34-16-18-10-6-5-7-11-18)24(30)28-22(25(31)33-3)14-19-15-27-21-13-9-8-12-20(19)21/h5-13,15,17,22-23,27H,4,14,16H2,1-3H3,(H,28,30)(H,29,32)/t17?,22-,23-/m0/s1. The van der Waals surface area contributed by atoms with Crippen molar-refractivity contribution >= 4 is 28.9 Å². The van der Waals surface area contributed by atoms with E-state index in [2.05, 4.69) is 15.6 Å². The lowest BCUT2D eigenvalue weighted by Crippen LogP contribution is -2.54. The maximum atomic E-state index is 13.2. The molecule has 0 fully saturated rings. The van der Waals surface area contributed by atoms with E-state index in [1.807, 2.05) is 74.6 Å². The Morgan fingerprint density at radius 1 is 1.00 bits per heavy atom. The van der Waals surface area contributed by atoms with Crippen molar-refractivity contribution in [3.63, 3.8) is 0 Å². The van der Waals surface area contributed by atoms with Crippen LogP contribution >= 0.6 is 0 Å². The molecule has 8 heteroatoms. The largest absolute Gasteiger partial charge is 0.467 e. The van der Waals surface area contributed by atoms with Gasteiger partial charge in [0.05, 0.1) is 7.11 Å². The lowest BCUT2D eigenvalue weighted by molar-refractivity contribution is -0.145. The quantitative estimate of drug-likeness (QED) is 0.396. The number of rotatable bonds is 10. The average Bonchev–Trinajstić information content (AvgIpc) is 3.28. The van der Waals surface area contributed by atoms with Crippen molar-refractivity contribution in [1.29, 1.82) is 0 Å². The van der Waals surface area contributed by atoms with Crippen LogP contribution in [0.3, 0.4) is 0 Å². The Balaban J connectivity index is 1.69. The van der Waals surface area contributed by atoms with Crippen LogP contribution in [0.4, 0.5) is 4.79 Å². The Kier molecular flexibility index (Phi) is 8.67. The number of alkyl carbamates (subject to hydrolysis) is 1. The van der Waals surface area contributed by atoms with Gasteiger partial charge < -0.3 is 25.1 Å². The molecule has 0 radical (unpaired) electrons. The van der Waals surface area contributed by atoms with Crippen LogP contribution in [0, 0.1) is 5.92 Å². The number of hydrogen-bond acceptors (Lipinski definition) is 5. The number of aromatic amines is 1. The lowest BCUT2D eigenvalue weighted by atomic mass is 9.97. The number of fused-ring (bicyclic) bond motifs is 1. The van der Waals surface area contributed by atoms with Crippen molar-refractivity contribution in [3.8, 4) is 0 Å². The molecule has 3 rings (SSSR count). The molecule has 3 aromatic rings. The second-order valence-electron chi connectivity index (χ2n) is 8.22. The molecule has 3 atom stereocenters. The summed E-state index contributed by atoms with van der Waals surface area (Å²) in [7, 11) is 1.28. The Bertz CT molecular complexity index is 1110. The highest BCUT2D eigenvalue weighted by Gasteiger charge is 2.31. The van der Waals surface area contributed by atoms with E-state index >= 15 is 0 Å². The smallest absolute Gasteiger partial charge is 0.408 e. The first kappa shape index (κ1) is 24.8. The summed E-state index contributed by atoms with van der Waals surface area (Å²) in [5.74, 6) is -1.22. The van der Waals surface area contributed by atoms with Crippen molar-refractivity contribution in [2.75, 3.05) is 7.11 Å². The van der Waals surface area contributed by atoms with Crippen LogP contribution in [-0.4, -0.2) is 42.1 Å². The van der Waals surface area contributed by atoms with Crippen LogP contribution in [0.1, 0.15) is 31.4 Å². The number of benzene rings is 2. The van der Waals surface area contributed by atoms with Crippen LogP contribution in [0.5, 0.6) is 0 Å². The molecule has 0 spiro atoms. The van der Waals surface area contributed by atoms with E-state index in [0.717, 1.165) is 22.0 Å². The molecule has 0 aliphatic rings. The first-order valence-corrected chi connectivity index (χ1v) is 11.3. The Morgan fingerprint density at radius 2 is 1.71 bits per heavy atom. The zero-order valence-corrected chi connectivity index (χ0v) is 19.7. The van der Waals surface area contributed by atoms with Crippen molar-refractivity contribution < 1.29 is 23.9 Å². The van der Waals surface area contributed by atoms with Crippen LogP contribution in [-0.2, 0) is 32.1 Å². The van der Waals surface area contributed by atoms with Gasteiger partial charge in [0.15, 0.2) is 0 Å². The van der Waals surface area contributed by atoms with E-state index in [9.17, 15) is 14.4 Å². The molecule has 3 N–H and O–H groups in total. The third kappa shape index (κ3) is 6.37. The van der Waals surface area contributed by atoms with Gasteiger partial charge in [-0.3, -0.25) is 4.79 Å². The molecule has 1 unspecified atom stereocenters. The fourth-order valence-electron chi connectivity index (χ4n) is 3.71. The molecule has 180 valence electrons. The van der Waals surface area contributed by atoms with Gasteiger partial charge in [-0.15, -0.1) is 0 Å². The molecular formula is C26H31N3O5. The second-order valence-corrected chi connectivity index (χ2v) is 8.22. The van der Waals surface area contributed by atoms with Crippen LogP contribution < -0.4 is 10.6 Å². The third-order valence-electron chi connectivity index (χ3n) is 5.88. The van der Waals surface area contributed by atoms with Gasteiger partial charge in [-0.25, -0.2) is 9.59 Å². The number of para-hydroxylation sites is 1. The molecule has 0 saturated heterocycles. The van der Waals surface area contributed by atoms with Gasteiger partial charge in [0.25, 0.3) is 0 Å². The van der Waals surface area contributed by atoms with Gasteiger partial charge in [0.2, 0.25) is 5.91 Å². The summed E-state index contributed by atoms with van der Waals surface area (Å²) in [5.41, 5.74) is 2.65. The SMILES string of the molecule is CCC(C)[C@H](NC(=O)OCc1ccccc1)C(=O)N[C@@H](Cc1c[nH]c2ccccc12)C(=O)OC. The number of ether oxygens (including phenoxy) is 2. The topological polar surface area (TPSA) is 110 Å². The molecule has 2 amide bonds. The Morgan fingerprint density at radius 3 is 2.41 bits per heavy atom. The molecule has 1 aromatic heterocycles. The number of aromatic nitrogens is 1. The van der Waals surface area contributed by atoms with E-state index in [1.54, 1.807) is 0 Å². The fraction of sp³-hybridized carbons (Fsp3) is 0.346. The second kappa shape index (κ2) is 11.9. The number of H-pyrrole nitrogens is 1. The lowest BCUT2D eigenvalue weighted by Gasteiger charge is -2.25. The molecule has 8 nitrogen and oxygen atoms in total. The van der Waals surface area contributed by atoms with Gasteiger partial charge in [0.1, 0.15) is 18.7 Å². The van der Waals surface area contributed by atoms with Gasteiger partial charge >= 0.3 is 12.1 Å². The molecule has 0 aliphatic carbocycles. The minimum Gasteiger partial charge on any atom is -0.467 e. The van der Waals surface area contributed by atoms with Crippen molar-refractivity contribution in [2.45, 2.75) is 45.4 Å². The minimum atomic E-state index is -0.912. The van der Waals surface area contributed by atoms with Crippen molar-refractivity contribution in [2.24, 2.45) is 5.92 Å². The number of esters is 1. The summed E-state index contributed by atoms with van der Waals surface area (Å²) >= 11 is 0. The molecule has 2 aromatic carbocycles. The van der Waals surface area contributed by atoms with Crippen LogP contribution in [0.2, 0.25) is 0 Å². The van der Waals surface area contributed by atoms with Crippen molar-refractivity contribution in [3.05, 3.63) is 71.9 Å². The maximum absolute atomic E-state index is 13.2. The number of methoxy groups -OCH3 is 1. The highest BCUT2D eigenvalue weighted by Crippen LogP contribution is 2.20. The van der Waals surface area contributed by atoms with Gasteiger partial charge in [0, 0.05) is 23.5 Å². The number of nitrogens with one attached hydrogen (secondary N) is 3. The fourth-order valence-corrected chi connectivity index (χ4v) is 3.71. The monoisotopic (exact) mass is 465 g/mol. The molecule has 1 heterocycles. The number of carbonyl (C=O) groups is 3. The summed E-state index contributed by atoms with van der Waals surface area (Å²) < 4.78 is 10.2. The summed E-state index contributed by atoms with van der Waals surface area (Å²) in [6.45, 7) is 3.87. The van der Waals surface area contributed by atoms with E-state index in [4.69, 9.17) is 9.47 Å². The normalized spacial score (nSPS) is 13.5. The maximum Gasteiger partial charge on any atom is 0.408 e. The van der Waals surface area contributed by atoms with E-state index < -0.39 is 30.1 Å². The highest BCUT2D eigenvalue weighted by atomic mass is 16.5. The predicted molar refractivity (Wildman–Crippen MR) is 129 cm³/mol. The zero-order valence-electron chi connectivity index (χ0n) is 19.7. The van der Waals surface area contributed by atoms with Crippen LogP contribution in [0.25, 0.3) is 10.9 Å². The first-order valence-electron chi connectivity index (χ1n) is 11.3. The summed E-state index contributed by atoms with van der Waals surface area (Å²) in [6.07, 6.45) is 2.00. The van der Waals surface area contributed by atoms with Gasteiger partial charge in [-0.1, -0.05) is 68.8 Å². The molecule has 0 saturated carbocycles. The van der Waals surface area contributed by atoms with E-state index in [1.165, 1.54) is 7.11 Å². The molecular weight excluding hydrogens is 434 g/mol. The zero-order chi connectivity index (χ0) is 24.5. The van der Waals surface area contributed by atoms with Crippen LogP contribution in [0.15, 0.2) is 60.8 Å². The number of amides is 2. The predicted octanol–water partition coefficient (Wildman–Crippen LogP) is 3.71. The summed E-state index contributed by atoms with van der Waals surface area (Å²) in [4.78, 5) is 41.3. The van der Waals surface area contributed by atoms with Gasteiger partial charge in [-0.05, 0) is 23.1 Å². The summed E-state index contributed by atoms with van der Waals surface area (Å²) in [6, 6.07) is 15.2. The Labute approximate surface area is 199 Å². The van der Waals surface area contributed by atoms with E-state index in [-0.39, 0.29) is 18.9 Å². The van der Waals surface area contributed by atoms with E-state index in [0.29, 0.717) is 6.42 Å². The third-order valence-corrected chi connectivity index (χ3v) is 5.88.